The van der Waals surface area contributed by atoms with Crippen LogP contribution in [-0.2, 0) is 0 Å². The highest BCUT2D eigenvalue weighted by atomic mass is 35.5. The Morgan fingerprint density at radius 1 is 1.15 bits per heavy atom. The van der Waals surface area contributed by atoms with Gasteiger partial charge in [-0.3, -0.25) is 9.69 Å². The number of ether oxygens (including phenoxy) is 1. The fourth-order valence-corrected chi connectivity index (χ4v) is 4.73. The van der Waals surface area contributed by atoms with Gasteiger partial charge in [0.25, 0.3) is 5.91 Å². The number of halogens is 1. The summed E-state index contributed by atoms with van der Waals surface area (Å²) in [6, 6.07) is 23.2. The summed E-state index contributed by atoms with van der Waals surface area (Å²) in [6.45, 7) is 0.593. The molecule has 1 amide bonds. The molecule has 1 aliphatic heterocycles. The molecular weight excluding hydrogens is 438 g/mol. The second-order valence-electron chi connectivity index (χ2n) is 8.24. The number of nitrogens with zero attached hydrogens (tertiary/aromatic N) is 1. The number of rotatable bonds is 7. The summed E-state index contributed by atoms with van der Waals surface area (Å²) in [5, 5.41) is 13.6. The molecule has 172 valence electrons. The number of amides is 1. The van der Waals surface area contributed by atoms with Crippen molar-refractivity contribution >= 4 is 23.2 Å². The van der Waals surface area contributed by atoms with Crippen LogP contribution in [0.5, 0.6) is 5.75 Å². The fourth-order valence-electron chi connectivity index (χ4n) is 4.57. The molecule has 3 aromatic rings. The van der Waals surface area contributed by atoms with Gasteiger partial charge in [0.05, 0.1) is 36.0 Å². The van der Waals surface area contributed by atoms with Crippen LogP contribution in [-0.4, -0.2) is 48.3 Å². The summed E-state index contributed by atoms with van der Waals surface area (Å²) in [7, 11) is 1.49. The van der Waals surface area contributed by atoms with Crippen molar-refractivity contribution in [2.75, 3.05) is 26.0 Å². The first-order chi connectivity index (χ1) is 16.0. The average Bonchev–Trinajstić information content (AvgIpc) is 3.24. The number of hydrogen-bond donors (Lipinski definition) is 3. The van der Waals surface area contributed by atoms with E-state index < -0.39 is 0 Å². The summed E-state index contributed by atoms with van der Waals surface area (Å²) in [5.74, 6) is 0.0858. The maximum atomic E-state index is 13.1. The van der Waals surface area contributed by atoms with Crippen LogP contribution >= 0.6 is 11.6 Å². The van der Waals surface area contributed by atoms with Gasteiger partial charge in [0.1, 0.15) is 5.75 Å². The molecule has 4 N–H and O–H groups in total. The summed E-state index contributed by atoms with van der Waals surface area (Å²) in [4.78, 5) is 15.4. The predicted octanol–water partition coefficient (Wildman–Crippen LogP) is 3.89. The molecule has 1 fully saturated rings. The van der Waals surface area contributed by atoms with Crippen LogP contribution in [0.25, 0.3) is 0 Å². The smallest absolute Gasteiger partial charge is 0.255 e. The molecule has 1 aliphatic rings. The van der Waals surface area contributed by atoms with Gasteiger partial charge in [-0.25, -0.2) is 0 Å². The van der Waals surface area contributed by atoms with E-state index in [1.807, 2.05) is 36.4 Å². The summed E-state index contributed by atoms with van der Waals surface area (Å²) >= 11 is 6.15. The zero-order chi connectivity index (χ0) is 23.4. The van der Waals surface area contributed by atoms with E-state index in [-0.39, 0.29) is 30.6 Å². The zero-order valence-corrected chi connectivity index (χ0v) is 19.2. The van der Waals surface area contributed by atoms with Crippen molar-refractivity contribution < 1.29 is 14.6 Å². The number of carbonyl (C=O) groups excluding carboxylic acids is 1. The predicted molar refractivity (Wildman–Crippen MR) is 131 cm³/mol. The molecule has 3 aromatic carbocycles. The van der Waals surface area contributed by atoms with Gasteiger partial charge in [0.2, 0.25) is 0 Å². The SMILES string of the molecule is COc1cc(N)c(Cl)cc1C(=O)NC1CC(CO)N(C(c2ccccc2)c2ccccc2)C1. The van der Waals surface area contributed by atoms with Crippen molar-refractivity contribution in [2.24, 2.45) is 0 Å². The van der Waals surface area contributed by atoms with Crippen LogP contribution in [0, 0.1) is 0 Å². The van der Waals surface area contributed by atoms with E-state index in [2.05, 4.69) is 34.5 Å². The zero-order valence-electron chi connectivity index (χ0n) is 18.4. The third kappa shape index (κ3) is 4.98. The third-order valence-electron chi connectivity index (χ3n) is 6.13. The minimum absolute atomic E-state index is 0.000439. The molecule has 6 nitrogen and oxygen atoms in total. The van der Waals surface area contributed by atoms with Gasteiger partial charge in [-0.15, -0.1) is 0 Å². The number of nitrogens with one attached hydrogen (secondary N) is 1. The van der Waals surface area contributed by atoms with Gasteiger partial charge >= 0.3 is 0 Å². The molecule has 33 heavy (non-hydrogen) atoms. The summed E-state index contributed by atoms with van der Waals surface area (Å²) < 4.78 is 5.33. The molecule has 1 saturated heterocycles. The molecule has 4 rings (SSSR count). The number of aliphatic hydroxyl groups is 1. The molecular formula is C26H28ClN3O3. The van der Waals surface area contributed by atoms with Crippen molar-refractivity contribution in [2.45, 2.75) is 24.5 Å². The summed E-state index contributed by atoms with van der Waals surface area (Å²) in [6.07, 6.45) is 0.628. The molecule has 0 aliphatic carbocycles. The number of methoxy groups -OCH3 is 1. The third-order valence-corrected chi connectivity index (χ3v) is 6.46. The van der Waals surface area contributed by atoms with Crippen LogP contribution < -0.4 is 15.8 Å². The number of hydrogen-bond acceptors (Lipinski definition) is 5. The molecule has 0 saturated carbocycles. The first-order valence-electron chi connectivity index (χ1n) is 10.9. The fraction of sp³-hybridized carbons (Fsp3) is 0.269. The quantitative estimate of drug-likeness (QED) is 0.461. The van der Waals surface area contributed by atoms with Gasteiger partial charge < -0.3 is 20.9 Å². The number of nitrogen functional groups attached to an aromatic ring is 1. The molecule has 2 unspecified atom stereocenters. The van der Waals surface area contributed by atoms with E-state index in [4.69, 9.17) is 22.1 Å². The Hall–Kier alpha value is -3.06. The van der Waals surface area contributed by atoms with Crippen LogP contribution in [0.15, 0.2) is 72.8 Å². The Morgan fingerprint density at radius 3 is 2.30 bits per heavy atom. The summed E-state index contributed by atoms with van der Waals surface area (Å²) in [5.41, 5.74) is 8.81. The Labute approximate surface area is 198 Å². The highest BCUT2D eigenvalue weighted by Crippen LogP contribution is 2.35. The van der Waals surface area contributed by atoms with Crippen LogP contribution in [0.4, 0.5) is 5.69 Å². The maximum absolute atomic E-state index is 13.1. The lowest BCUT2D eigenvalue weighted by Gasteiger charge is -2.33. The minimum Gasteiger partial charge on any atom is -0.496 e. The Kier molecular flexibility index (Phi) is 7.18. The second kappa shape index (κ2) is 10.3. The Balaban J connectivity index is 1.59. The van der Waals surface area contributed by atoms with Crippen LogP contribution in [0.1, 0.15) is 33.9 Å². The van der Waals surface area contributed by atoms with Gasteiger partial charge in [-0.2, -0.15) is 0 Å². The van der Waals surface area contributed by atoms with E-state index in [0.29, 0.717) is 35.0 Å². The van der Waals surface area contributed by atoms with Gasteiger partial charge in [-0.05, 0) is 23.6 Å². The van der Waals surface area contributed by atoms with E-state index in [1.165, 1.54) is 13.2 Å². The molecule has 0 radical (unpaired) electrons. The van der Waals surface area contributed by atoms with Gasteiger partial charge in [0, 0.05) is 24.7 Å². The van der Waals surface area contributed by atoms with Crippen molar-refractivity contribution in [3.8, 4) is 5.75 Å². The molecule has 7 heteroatoms. The van der Waals surface area contributed by atoms with Crippen molar-refractivity contribution in [3.05, 3.63) is 94.5 Å². The van der Waals surface area contributed by atoms with E-state index in [9.17, 15) is 9.90 Å². The van der Waals surface area contributed by atoms with Gasteiger partial charge in [0.15, 0.2) is 0 Å². The average molecular weight is 466 g/mol. The molecule has 2 atom stereocenters. The number of benzene rings is 3. The molecule has 0 spiro atoms. The molecule has 0 aromatic heterocycles. The Morgan fingerprint density at radius 2 is 1.76 bits per heavy atom. The lowest BCUT2D eigenvalue weighted by Crippen LogP contribution is -2.39. The van der Waals surface area contributed by atoms with E-state index >= 15 is 0 Å². The number of nitrogens with two attached hydrogens (primary N) is 1. The monoisotopic (exact) mass is 465 g/mol. The first kappa shape index (κ1) is 23.1. The second-order valence-corrected chi connectivity index (χ2v) is 8.64. The number of anilines is 1. The normalized spacial score (nSPS) is 18.4. The van der Waals surface area contributed by atoms with Crippen molar-refractivity contribution in [1.29, 1.82) is 0 Å². The molecule has 1 heterocycles. The van der Waals surface area contributed by atoms with E-state index in [0.717, 1.165) is 11.1 Å². The maximum Gasteiger partial charge on any atom is 0.255 e. The van der Waals surface area contributed by atoms with E-state index in [1.54, 1.807) is 6.07 Å². The highest BCUT2D eigenvalue weighted by molar-refractivity contribution is 6.33. The van der Waals surface area contributed by atoms with Gasteiger partial charge in [-0.1, -0.05) is 72.3 Å². The minimum atomic E-state index is -0.284. The Bertz CT molecular complexity index is 1060. The number of carbonyl (C=O) groups is 1. The number of likely N-dealkylation sites (tertiary alicyclic amines) is 1. The van der Waals surface area contributed by atoms with Crippen molar-refractivity contribution in [3.63, 3.8) is 0 Å². The largest absolute Gasteiger partial charge is 0.496 e. The lowest BCUT2D eigenvalue weighted by molar-refractivity contribution is 0.0933. The highest BCUT2D eigenvalue weighted by Gasteiger charge is 2.38. The first-order valence-corrected chi connectivity index (χ1v) is 11.3. The standard InChI is InChI=1S/C26H28ClN3O3/c1-33-24-14-23(28)22(27)13-21(24)26(32)29-19-12-20(16-31)30(15-19)25(17-8-4-2-5-9-17)18-10-6-3-7-11-18/h2-11,13-14,19-20,25,31H,12,15-16,28H2,1H3,(H,29,32). The molecule has 0 bridgehead atoms. The van der Waals surface area contributed by atoms with Crippen LogP contribution in [0.3, 0.4) is 0 Å². The van der Waals surface area contributed by atoms with Crippen LogP contribution in [0.2, 0.25) is 5.02 Å². The topological polar surface area (TPSA) is 87.8 Å². The lowest BCUT2D eigenvalue weighted by atomic mass is 9.96. The van der Waals surface area contributed by atoms with Crippen molar-refractivity contribution in [1.82, 2.24) is 10.2 Å². The number of aliphatic hydroxyl groups excluding tert-OH is 1.